The van der Waals surface area contributed by atoms with Crippen LogP contribution in [-0.2, 0) is 0 Å². The highest BCUT2D eigenvalue weighted by molar-refractivity contribution is 8.14. The Labute approximate surface area is 99.3 Å². The van der Waals surface area contributed by atoms with Crippen LogP contribution in [0.2, 0.25) is 0 Å². The molecule has 0 saturated carbocycles. The number of halogens is 1. The summed E-state index contributed by atoms with van der Waals surface area (Å²) in [6.07, 6.45) is 1.09. The minimum atomic E-state index is -0.230. The molecule has 16 heavy (non-hydrogen) atoms. The number of nitrogens with one attached hydrogen (secondary N) is 1. The Morgan fingerprint density at radius 1 is 1.50 bits per heavy atom. The van der Waals surface area contributed by atoms with Crippen LogP contribution in [0.3, 0.4) is 0 Å². The second-order valence-electron chi connectivity index (χ2n) is 4.03. The van der Waals surface area contributed by atoms with Crippen LogP contribution in [0.1, 0.15) is 18.9 Å². The summed E-state index contributed by atoms with van der Waals surface area (Å²) in [6, 6.07) is 5.38. The summed E-state index contributed by atoms with van der Waals surface area (Å²) in [5.41, 5.74) is 1.55. The van der Waals surface area contributed by atoms with Crippen LogP contribution in [0, 0.1) is 12.7 Å². The maximum atomic E-state index is 13.5. The van der Waals surface area contributed by atoms with Crippen molar-refractivity contribution in [1.29, 1.82) is 0 Å². The van der Waals surface area contributed by atoms with E-state index in [0.717, 1.165) is 22.9 Å². The molecule has 4 heteroatoms. The Morgan fingerprint density at radius 2 is 2.31 bits per heavy atom. The van der Waals surface area contributed by atoms with Gasteiger partial charge in [0.15, 0.2) is 5.17 Å². The van der Waals surface area contributed by atoms with Gasteiger partial charge in [0.25, 0.3) is 0 Å². The van der Waals surface area contributed by atoms with Gasteiger partial charge in [0.05, 0.1) is 11.7 Å². The molecule has 2 rings (SSSR count). The number of amidine groups is 1. The smallest absolute Gasteiger partial charge is 0.161 e. The first-order chi connectivity index (χ1) is 7.65. The maximum Gasteiger partial charge on any atom is 0.161 e. The molecule has 1 aliphatic heterocycles. The van der Waals surface area contributed by atoms with Gasteiger partial charge >= 0.3 is 0 Å². The minimum Gasteiger partial charge on any atom is -0.333 e. The first kappa shape index (κ1) is 11.5. The van der Waals surface area contributed by atoms with Crippen molar-refractivity contribution in [2.24, 2.45) is 4.99 Å². The van der Waals surface area contributed by atoms with Crippen LogP contribution in [0.5, 0.6) is 0 Å². The van der Waals surface area contributed by atoms with E-state index in [1.807, 2.05) is 6.92 Å². The van der Waals surface area contributed by atoms with Gasteiger partial charge in [-0.2, -0.15) is 0 Å². The Balaban J connectivity index is 2.17. The van der Waals surface area contributed by atoms with Crippen LogP contribution in [0.15, 0.2) is 23.2 Å². The van der Waals surface area contributed by atoms with Gasteiger partial charge in [-0.15, -0.1) is 0 Å². The zero-order valence-electron chi connectivity index (χ0n) is 9.46. The molecule has 0 aliphatic carbocycles. The SMILES string of the molecule is Cc1ccc(F)c(NC2=NC(C)CCS2)c1. The third-order valence-corrected chi connectivity index (χ3v) is 3.40. The lowest BCUT2D eigenvalue weighted by atomic mass is 10.2. The normalized spacial score (nSPS) is 20.4. The summed E-state index contributed by atoms with van der Waals surface area (Å²) in [6.45, 7) is 4.02. The van der Waals surface area contributed by atoms with Crippen LogP contribution in [0.25, 0.3) is 0 Å². The topological polar surface area (TPSA) is 24.4 Å². The van der Waals surface area contributed by atoms with Gasteiger partial charge in [0.2, 0.25) is 0 Å². The van der Waals surface area contributed by atoms with E-state index in [2.05, 4.69) is 17.2 Å². The Kier molecular flexibility index (Phi) is 3.49. The van der Waals surface area contributed by atoms with E-state index in [0.29, 0.717) is 11.7 Å². The third kappa shape index (κ3) is 2.76. The van der Waals surface area contributed by atoms with Gasteiger partial charge in [-0.25, -0.2) is 4.39 Å². The van der Waals surface area contributed by atoms with Gasteiger partial charge in [-0.3, -0.25) is 4.99 Å². The molecule has 0 spiro atoms. The summed E-state index contributed by atoms with van der Waals surface area (Å²) in [7, 11) is 0. The highest BCUT2D eigenvalue weighted by atomic mass is 32.2. The van der Waals surface area contributed by atoms with Gasteiger partial charge in [0, 0.05) is 5.75 Å². The minimum absolute atomic E-state index is 0.230. The zero-order valence-corrected chi connectivity index (χ0v) is 10.3. The van der Waals surface area contributed by atoms with Crippen LogP contribution in [0.4, 0.5) is 10.1 Å². The van der Waals surface area contributed by atoms with E-state index in [9.17, 15) is 4.39 Å². The van der Waals surface area contributed by atoms with E-state index < -0.39 is 0 Å². The zero-order chi connectivity index (χ0) is 11.5. The molecule has 2 nitrogen and oxygen atoms in total. The predicted octanol–water partition coefficient (Wildman–Crippen LogP) is 3.43. The molecule has 0 aromatic heterocycles. The average Bonchev–Trinajstić information content (AvgIpc) is 2.24. The number of hydrogen-bond donors (Lipinski definition) is 1. The fourth-order valence-electron chi connectivity index (χ4n) is 1.55. The molecule has 1 aliphatic rings. The highest BCUT2D eigenvalue weighted by Crippen LogP contribution is 2.22. The molecule has 1 N–H and O–H groups in total. The van der Waals surface area contributed by atoms with Crippen molar-refractivity contribution < 1.29 is 4.39 Å². The van der Waals surface area contributed by atoms with Crippen molar-refractivity contribution in [1.82, 2.24) is 0 Å². The molecule has 0 amide bonds. The number of hydrogen-bond acceptors (Lipinski definition) is 3. The fourth-order valence-corrected chi connectivity index (χ4v) is 2.64. The summed E-state index contributed by atoms with van der Waals surface area (Å²) < 4.78 is 13.5. The second kappa shape index (κ2) is 4.87. The summed E-state index contributed by atoms with van der Waals surface area (Å²) in [5.74, 6) is 0.813. The largest absolute Gasteiger partial charge is 0.333 e. The van der Waals surface area contributed by atoms with Gasteiger partial charge in [-0.05, 0) is 38.0 Å². The highest BCUT2D eigenvalue weighted by Gasteiger charge is 2.13. The number of nitrogens with zero attached hydrogens (tertiary/aromatic N) is 1. The molecule has 0 radical (unpaired) electrons. The number of rotatable bonds is 1. The first-order valence-corrected chi connectivity index (χ1v) is 6.37. The van der Waals surface area contributed by atoms with Gasteiger partial charge < -0.3 is 5.32 Å². The van der Waals surface area contributed by atoms with Crippen molar-refractivity contribution in [3.8, 4) is 0 Å². The molecule has 0 saturated heterocycles. The Morgan fingerprint density at radius 3 is 3.06 bits per heavy atom. The van der Waals surface area contributed by atoms with Crippen molar-refractivity contribution in [2.75, 3.05) is 11.1 Å². The second-order valence-corrected chi connectivity index (χ2v) is 5.11. The Bertz CT molecular complexity index is 417. The average molecular weight is 238 g/mol. The van der Waals surface area contributed by atoms with E-state index >= 15 is 0 Å². The number of aryl methyl sites for hydroxylation is 1. The lowest BCUT2D eigenvalue weighted by molar-refractivity contribution is 0.631. The van der Waals surface area contributed by atoms with Crippen molar-refractivity contribution >= 4 is 22.6 Å². The molecule has 1 unspecified atom stereocenters. The predicted molar refractivity (Wildman–Crippen MR) is 68.7 cm³/mol. The quantitative estimate of drug-likeness (QED) is 0.810. The van der Waals surface area contributed by atoms with E-state index in [-0.39, 0.29) is 5.82 Å². The molecule has 86 valence electrons. The first-order valence-electron chi connectivity index (χ1n) is 5.39. The summed E-state index contributed by atoms with van der Waals surface area (Å²) in [5, 5.41) is 3.88. The van der Waals surface area contributed by atoms with Crippen molar-refractivity contribution in [3.63, 3.8) is 0 Å². The molecule has 1 atom stereocenters. The lowest BCUT2D eigenvalue weighted by Gasteiger charge is -2.18. The standard InChI is InChI=1S/C12H15FN2S/c1-8-3-4-10(13)11(7-8)15-12-14-9(2)5-6-16-12/h3-4,7,9H,5-6H2,1-2H3,(H,14,15). The van der Waals surface area contributed by atoms with E-state index in [1.165, 1.54) is 6.07 Å². The number of anilines is 1. The third-order valence-electron chi connectivity index (χ3n) is 2.48. The van der Waals surface area contributed by atoms with E-state index in [4.69, 9.17) is 0 Å². The molecular weight excluding hydrogens is 223 g/mol. The lowest BCUT2D eigenvalue weighted by Crippen LogP contribution is -2.18. The molecule has 1 aromatic rings. The maximum absolute atomic E-state index is 13.5. The van der Waals surface area contributed by atoms with Crippen molar-refractivity contribution in [2.45, 2.75) is 26.3 Å². The Hall–Kier alpha value is -1.03. The molecule has 1 heterocycles. The molecule has 0 bridgehead atoms. The summed E-state index contributed by atoms with van der Waals surface area (Å²) >= 11 is 1.65. The van der Waals surface area contributed by atoms with Crippen molar-refractivity contribution in [3.05, 3.63) is 29.6 Å². The van der Waals surface area contributed by atoms with Crippen LogP contribution < -0.4 is 5.32 Å². The van der Waals surface area contributed by atoms with Gasteiger partial charge in [0.1, 0.15) is 5.82 Å². The van der Waals surface area contributed by atoms with Crippen LogP contribution in [-0.4, -0.2) is 17.0 Å². The number of benzene rings is 1. The van der Waals surface area contributed by atoms with Crippen LogP contribution >= 0.6 is 11.8 Å². The fraction of sp³-hybridized carbons (Fsp3) is 0.417. The molecule has 0 fully saturated rings. The molecule has 1 aromatic carbocycles. The monoisotopic (exact) mass is 238 g/mol. The van der Waals surface area contributed by atoms with Gasteiger partial charge in [-0.1, -0.05) is 17.8 Å². The number of thioether (sulfide) groups is 1. The summed E-state index contributed by atoms with van der Waals surface area (Å²) in [4.78, 5) is 4.45. The molecular formula is C12H15FN2S. The number of aliphatic imine (C=N–C) groups is 1. The van der Waals surface area contributed by atoms with E-state index in [1.54, 1.807) is 23.9 Å².